The van der Waals surface area contributed by atoms with Crippen molar-refractivity contribution in [1.82, 2.24) is 14.9 Å². The highest BCUT2D eigenvalue weighted by Gasteiger charge is 2.28. The number of anilines is 1. The van der Waals surface area contributed by atoms with Crippen LogP contribution in [0, 0.1) is 0 Å². The van der Waals surface area contributed by atoms with Crippen LogP contribution in [0.3, 0.4) is 0 Å². The maximum absolute atomic E-state index is 12.2. The van der Waals surface area contributed by atoms with Gasteiger partial charge in [0.25, 0.3) is 5.91 Å². The van der Waals surface area contributed by atoms with Crippen LogP contribution in [-0.4, -0.2) is 27.3 Å². The van der Waals surface area contributed by atoms with Crippen LogP contribution in [0.15, 0.2) is 30.5 Å². The summed E-state index contributed by atoms with van der Waals surface area (Å²) < 4.78 is 0. The van der Waals surface area contributed by atoms with E-state index in [2.05, 4.69) is 9.97 Å². The van der Waals surface area contributed by atoms with Gasteiger partial charge >= 0.3 is 0 Å². The number of benzene rings is 1. The van der Waals surface area contributed by atoms with E-state index in [0.29, 0.717) is 29.4 Å². The highest BCUT2D eigenvalue weighted by molar-refractivity contribution is 6.30. The normalized spacial score (nSPS) is 13.7. The van der Waals surface area contributed by atoms with Gasteiger partial charge < -0.3 is 10.6 Å². The Morgan fingerprint density at radius 2 is 2.05 bits per heavy atom. The molecule has 3 rings (SSSR count). The van der Waals surface area contributed by atoms with E-state index in [1.54, 1.807) is 4.90 Å². The number of hydrogen-bond donors (Lipinski definition) is 1. The summed E-state index contributed by atoms with van der Waals surface area (Å²) in [4.78, 5) is 21.9. The highest BCUT2D eigenvalue weighted by atomic mass is 35.5. The van der Waals surface area contributed by atoms with Crippen molar-refractivity contribution in [2.24, 2.45) is 0 Å². The molecule has 2 aromatic rings. The molecule has 2 N–H and O–H groups in total. The molecule has 0 saturated carbocycles. The lowest BCUT2D eigenvalue weighted by Gasteiger charge is -2.14. The molecule has 102 valence electrons. The van der Waals surface area contributed by atoms with Crippen LogP contribution in [0.2, 0.25) is 5.02 Å². The lowest BCUT2D eigenvalue weighted by atomic mass is 10.1. The molecule has 0 aliphatic carbocycles. The molecule has 1 amide bonds. The molecule has 0 radical (unpaired) electrons. The van der Waals surface area contributed by atoms with E-state index >= 15 is 0 Å². The van der Waals surface area contributed by atoms with Crippen LogP contribution in [0.4, 0.5) is 5.95 Å². The van der Waals surface area contributed by atoms with E-state index in [1.807, 2.05) is 24.3 Å². The maximum atomic E-state index is 12.2. The molecule has 0 fully saturated rings. The zero-order valence-corrected chi connectivity index (χ0v) is 11.5. The van der Waals surface area contributed by atoms with Gasteiger partial charge in [-0.1, -0.05) is 23.7 Å². The summed E-state index contributed by atoms with van der Waals surface area (Å²) in [6, 6.07) is 7.63. The number of hydrogen-bond acceptors (Lipinski definition) is 4. The van der Waals surface area contributed by atoms with Gasteiger partial charge in [-0.25, -0.2) is 9.97 Å². The molecule has 0 bridgehead atoms. The molecule has 5 nitrogen and oxygen atoms in total. The lowest BCUT2D eigenvalue weighted by Crippen LogP contribution is -2.26. The molecule has 1 aromatic carbocycles. The number of carbonyl (C=O) groups excluding carboxylic acids is 1. The van der Waals surface area contributed by atoms with E-state index in [0.717, 1.165) is 12.0 Å². The third kappa shape index (κ3) is 2.44. The highest BCUT2D eigenvalue weighted by Crippen LogP contribution is 2.21. The van der Waals surface area contributed by atoms with Gasteiger partial charge in [-0.05, 0) is 24.1 Å². The average Bonchev–Trinajstić information content (AvgIpc) is 2.74. The van der Waals surface area contributed by atoms with Crippen LogP contribution >= 0.6 is 11.6 Å². The van der Waals surface area contributed by atoms with Crippen molar-refractivity contribution >= 4 is 23.5 Å². The van der Waals surface area contributed by atoms with Crippen molar-refractivity contribution in [1.29, 1.82) is 0 Å². The Labute approximate surface area is 121 Å². The number of amides is 1. The molecule has 0 unspecified atom stereocenters. The third-order valence-electron chi connectivity index (χ3n) is 3.33. The van der Waals surface area contributed by atoms with Gasteiger partial charge in [0.05, 0.1) is 17.8 Å². The summed E-state index contributed by atoms with van der Waals surface area (Å²) in [5, 5.41) is 0.712. The molecule has 20 heavy (non-hydrogen) atoms. The smallest absolute Gasteiger partial charge is 0.257 e. The summed E-state index contributed by atoms with van der Waals surface area (Å²) >= 11 is 5.85. The van der Waals surface area contributed by atoms with Crippen molar-refractivity contribution in [3.05, 3.63) is 52.3 Å². The summed E-state index contributed by atoms with van der Waals surface area (Å²) in [7, 11) is 0. The molecular weight excluding hydrogens is 276 g/mol. The quantitative estimate of drug-likeness (QED) is 0.936. The largest absolute Gasteiger partial charge is 0.368 e. The first-order chi connectivity index (χ1) is 9.63. The third-order valence-corrected chi connectivity index (χ3v) is 3.58. The van der Waals surface area contributed by atoms with Crippen molar-refractivity contribution in [2.45, 2.75) is 13.0 Å². The van der Waals surface area contributed by atoms with E-state index in [-0.39, 0.29) is 11.9 Å². The second-order valence-electron chi connectivity index (χ2n) is 4.69. The summed E-state index contributed by atoms with van der Waals surface area (Å²) in [5.74, 6) is 0.171. The molecule has 1 aliphatic heterocycles. The molecular formula is C14H13ClN4O. The topological polar surface area (TPSA) is 72.1 Å². The summed E-state index contributed by atoms with van der Waals surface area (Å²) in [6.45, 7) is 1.13. The van der Waals surface area contributed by atoms with Crippen molar-refractivity contribution in [2.75, 3.05) is 12.3 Å². The number of nitrogens with two attached hydrogens (primary N) is 1. The van der Waals surface area contributed by atoms with Crippen molar-refractivity contribution in [3.8, 4) is 0 Å². The summed E-state index contributed by atoms with van der Waals surface area (Å²) in [6.07, 6.45) is 2.28. The number of nitrogen functional groups attached to an aromatic ring is 1. The molecule has 0 saturated heterocycles. The molecule has 0 spiro atoms. The van der Waals surface area contributed by atoms with Crippen LogP contribution in [0.5, 0.6) is 0 Å². The molecule has 0 atom stereocenters. The standard InChI is InChI=1S/C14H13ClN4O/c15-10-3-1-9(2-4-10)5-6-19-8-12-11(13(19)20)7-17-14(16)18-12/h1-4,7H,5-6,8H2,(H2,16,17,18). The zero-order chi connectivity index (χ0) is 14.1. The fourth-order valence-electron chi connectivity index (χ4n) is 2.25. The van der Waals surface area contributed by atoms with Gasteiger partial charge in [0.15, 0.2) is 0 Å². The fraction of sp³-hybridized carbons (Fsp3) is 0.214. The van der Waals surface area contributed by atoms with Crippen LogP contribution in [-0.2, 0) is 13.0 Å². The Balaban J connectivity index is 1.68. The Hall–Kier alpha value is -2.14. The van der Waals surface area contributed by atoms with Crippen molar-refractivity contribution < 1.29 is 4.79 Å². The summed E-state index contributed by atoms with van der Waals surface area (Å²) in [5.41, 5.74) is 7.94. The predicted octanol–water partition coefficient (Wildman–Crippen LogP) is 1.91. The second-order valence-corrected chi connectivity index (χ2v) is 5.13. The minimum Gasteiger partial charge on any atom is -0.368 e. The number of halogens is 1. The van der Waals surface area contributed by atoms with Crippen LogP contribution in [0.1, 0.15) is 21.6 Å². The minimum absolute atomic E-state index is 0.0334. The Kier molecular flexibility index (Phi) is 3.28. The predicted molar refractivity (Wildman–Crippen MR) is 76.3 cm³/mol. The van der Waals surface area contributed by atoms with E-state index in [9.17, 15) is 4.79 Å². The van der Waals surface area contributed by atoms with Crippen LogP contribution < -0.4 is 5.73 Å². The number of aromatic nitrogens is 2. The van der Waals surface area contributed by atoms with E-state index in [4.69, 9.17) is 17.3 Å². The lowest BCUT2D eigenvalue weighted by molar-refractivity contribution is 0.0780. The van der Waals surface area contributed by atoms with Gasteiger partial charge in [-0.3, -0.25) is 4.79 Å². The molecule has 1 aromatic heterocycles. The number of rotatable bonds is 3. The Morgan fingerprint density at radius 3 is 2.80 bits per heavy atom. The molecule has 2 heterocycles. The molecule has 6 heteroatoms. The zero-order valence-electron chi connectivity index (χ0n) is 10.7. The minimum atomic E-state index is -0.0334. The van der Waals surface area contributed by atoms with E-state index in [1.165, 1.54) is 6.20 Å². The molecule has 1 aliphatic rings. The van der Waals surface area contributed by atoms with Gasteiger partial charge in [0, 0.05) is 17.8 Å². The first kappa shape index (κ1) is 12.9. The fourth-order valence-corrected chi connectivity index (χ4v) is 2.38. The SMILES string of the molecule is Nc1ncc2c(n1)CN(CCc1ccc(Cl)cc1)C2=O. The first-order valence-electron chi connectivity index (χ1n) is 6.28. The monoisotopic (exact) mass is 288 g/mol. The average molecular weight is 289 g/mol. The number of carbonyl (C=O) groups is 1. The first-order valence-corrected chi connectivity index (χ1v) is 6.66. The van der Waals surface area contributed by atoms with Gasteiger partial charge in [0.1, 0.15) is 0 Å². The number of fused-ring (bicyclic) bond motifs is 1. The van der Waals surface area contributed by atoms with Gasteiger partial charge in [-0.15, -0.1) is 0 Å². The number of nitrogens with zero attached hydrogens (tertiary/aromatic N) is 3. The van der Waals surface area contributed by atoms with Crippen molar-refractivity contribution in [3.63, 3.8) is 0 Å². The van der Waals surface area contributed by atoms with E-state index < -0.39 is 0 Å². The van der Waals surface area contributed by atoms with Crippen LogP contribution in [0.25, 0.3) is 0 Å². The Bertz CT molecular complexity index is 657. The maximum Gasteiger partial charge on any atom is 0.257 e. The van der Waals surface area contributed by atoms with Gasteiger partial charge in [0.2, 0.25) is 5.95 Å². The Morgan fingerprint density at radius 1 is 1.30 bits per heavy atom. The van der Waals surface area contributed by atoms with Gasteiger partial charge in [-0.2, -0.15) is 0 Å². The second kappa shape index (κ2) is 5.09.